The first-order valence-corrected chi connectivity index (χ1v) is 11.2. The van der Waals surface area contributed by atoms with Crippen LogP contribution in [0.3, 0.4) is 0 Å². The number of aliphatic carboxylic acids is 1. The minimum atomic E-state index is -0.913. The average Bonchev–Trinajstić information content (AvgIpc) is 2.76. The molecule has 0 amide bonds. The van der Waals surface area contributed by atoms with Crippen LogP contribution in [0, 0.1) is 0 Å². The van der Waals surface area contributed by atoms with E-state index in [4.69, 9.17) is 14.6 Å². The number of carbonyl (C=O) groups is 2. The molecule has 0 fully saturated rings. The zero-order valence-electron chi connectivity index (χ0n) is 19.4. The van der Waals surface area contributed by atoms with E-state index in [2.05, 4.69) is 37.3 Å². The van der Waals surface area contributed by atoms with Crippen LogP contribution >= 0.6 is 0 Å². The summed E-state index contributed by atoms with van der Waals surface area (Å²) in [6.07, 6.45) is 2.69. The van der Waals surface area contributed by atoms with Crippen LogP contribution in [0.2, 0.25) is 0 Å². The molecule has 0 heterocycles. The molecule has 0 bridgehead atoms. The fourth-order valence-corrected chi connectivity index (χ4v) is 3.41. The highest BCUT2D eigenvalue weighted by molar-refractivity contribution is 5.71. The van der Waals surface area contributed by atoms with Gasteiger partial charge in [0, 0.05) is 19.4 Å². The third kappa shape index (κ3) is 9.52. The second kappa shape index (κ2) is 13.5. The normalized spacial score (nSPS) is 11.9. The van der Waals surface area contributed by atoms with Crippen molar-refractivity contribution in [1.82, 2.24) is 4.90 Å². The minimum absolute atomic E-state index is 0.0432. The molecule has 2 rings (SSSR count). The number of rotatable bonds is 14. The van der Waals surface area contributed by atoms with Gasteiger partial charge in [-0.25, -0.2) is 0 Å². The Labute approximate surface area is 191 Å². The van der Waals surface area contributed by atoms with E-state index in [1.54, 1.807) is 0 Å². The Hall–Kier alpha value is -2.86. The summed E-state index contributed by atoms with van der Waals surface area (Å²) in [7, 11) is 3.81. The largest absolute Gasteiger partial charge is 0.489 e. The van der Waals surface area contributed by atoms with Gasteiger partial charge in [0.2, 0.25) is 0 Å². The van der Waals surface area contributed by atoms with Crippen LogP contribution < -0.4 is 4.74 Å². The van der Waals surface area contributed by atoms with Gasteiger partial charge in [-0.2, -0.15) is 0 Å². The van der Waals surface area contributed by atoms with Crippen molar-refractivity contribution in [2.45, 2.75) is 51.6 Å². The molecule has 1 atom stereocenters. The predicted octanol–water partition coefficient (Wildman–Crippen LogP) is 4.14. The van der Waals surface area contributed by atoms with Crippen LogP contribution in [-0.2, 0) is 33.6 Å². The highest BCUT2D eigenvalue weighted by atomic mass is 16.6. The van der Waals surface area contributed by atoms with Gasteiger partial charge in [-0.3, -0.25) is 9.59 Å². The van der Waals surface area contributed by atoms with Gasteiger partial charge in [-0.05, 0) is 62.5 Å². The standard InChI is InChI=1S/C26H35NO5/c1-4-20-12-14-21(15-13-20)16-17-22-8-5-6-9-24(22)31-19-23(18-27(2)3)32-26(30)11-7-10-25(28)29/h5-6,8-9,12-15,23H,4,7,10-11,16-19H2,1-3H3,(H,28,29). The summed E-state index contributed by atoms with van der Waals surface area (Å²) in [6, 6.07) is 16.7. The zero-order chi connectivity index (χ0) is 23.3. The summed E-state index contributed by atoms with van der Waals surface area (Å²) >= 11 is 0. The number of aryl methyl sites for hydroxylation is 3. The lowest BCUT2D eigenvalue weighted by molar-refractivity contribution is -0.151. The summed E-state index contributed by atoms with van der Waals surface area (Å²) in [5.74, 6) is -0.516. The third-order valence-corrected chi connectivity index (χ3v) is 5.15. The van der Waals surface area contributed by atoms with Crippen LogP contribution in [0.15, 0.2) is 48.5 Å². The number of nitrogens with zero attached hydrogens (tertiary/aromatic N) is 1. The van der Waals surface area contributed by atoms with Crippen molar-refractivity contribution in [3.05, 3.63) is 65.2 Å². The lowest BCUT2D eigenvalue weighted by Crippen LogP contribution is -2.35. The highest BCUT2D eigenvalue weighted by Gasteiger charge is 2.17. The molecule has 32 heavy (non-hydrogen) atoms. The Balaban J connectivity index is 1.93. The van der Waals surface area contributed by atoms with E-state index in [1.165, 1.54) is 11.1 Å². The molecule has 0 saturated heterocycles. The molecule has 1 unspecified atom stereocenters. The summed E-state index contributed by atoms with van der Waals surface area (Å²) in [5.41, 5.74) is 3.74. The molecule has 0 saturated carbocycles. The summed E-state index contributed by atoms with van der Waals surface area (Å²) in [6.45, 7) is 2.92. The molecule has 1 N–H and O–H groups in total. The predicted molar refractivity (Wildman–Crippen MR) is 125 cm³/mol. The van der Waals surface area contributed by atoms with Crippen molar-refractivity contribution in [3.8, 4) is 5.75 Å². The van der Waals surface area contributed by atoms with Crippen molar-refractivity contribution in [1.29, 1.82) is 0 Å². The highest BCUT2D eigenvalue weighted by Crippen LogP contribution is 2.21. The Bertz CT molecular complexity index is 848. The molecular weight excluding hydrogens is 406 g/mol. The van der Waals surface area contributed by atoms with Crippen molar-refractivity contribution in [2.75, 3.05) is 27.2 Å². The van der Waals surface area contributed by atoms with Gasteiger partial charge in [0.25, 0.3) is 0 Å². The lowest BCUT2D eigenvalue weighted by atomic mass is 10.0. The fourth-order valence-electron chi connectivity index (χ4n) is 3.41. The van der Waals surface area contributed by atoms with Crippen molar-refractivity contribution in [2.24, 2.45) is 0 Å². The SMILES string of the molecule is CCc1ccc(CCc2ccccc2OCC(CN(C)C)OC(=O)CCCC(=O)O)cc1. The first-order chi connectivity index (χ1) is 15.4. The van der Waals surface area contributed by atoms with E-state index in [-0.39, 0.29) is 25.9 Å². The van der Waals surface area contributed by atoms with Crippen LogP contribution in [0.1, 0.15) is 42.9 Å². The van der Waals surface area contributed by atoms with E-state index in [9.17, 15) is 9.59 Å². The number of likely N-dealkylation sites (N-methyl/N-ethyl adjacent to an activating group) is 1. The number of esters is 1. The van der Waals surface area contributed by atoms with Gasteiger partial charge in [-0.1, -0.05) is 49.4 Å². The number of para-hydroxylation sites is 1. The van der Waals surface area contributed by atoms with E-state index < -0.39 is 18.0 Å². The molecule has 6 heteroatoms. The van der Waals surface area contributed by atoms with E-state index in [0.717, 1.165) is 30.6 Å². The molecule has 0 aromatic heterocycles. The molecule has 0 radical (unpaired) electrons. The van der Waals surface area contributed by atoms with E-state index in [1.807, 2.05) is 37.2 Å². The maximum Gasteiger partial charge on any atom is 0.306 e. The maximum atomic E-state index is 12.1. The molecular formula is C26H35NO5. The van der Waals surface area contributed by atoms with Gasteiger partial charge >= 0.3 is 11.9 Å². The van der Waals surface area contributed by atoms with E-state index in [0.29, 0.717) is 6.54 Å². The second-order valence-electron chi connectivity index (χ2n) is 8.21. The molecule has 174 valence electrons. The Kier molecular flexibility index (Phi) is 10.7. The van der Waals surface area contributed by atoms with Gasteiger partial charge in [0.05, 0.1) is 0 Å². The van der Waals surface area contributed by atoms with Gasteiger partial charge in [0.1, 0.15) is 18.5 Å². The first kappa shape index (κ1) is 25.4. The summed E-state index contributed by atoms with van der Waals surface area (Å²) in [5, 5.41) is 8.72. The summed E-state index contributed by atoms with van der Waals surface area (Å²) < 4.78 is 11.6. The average molecular weight is 442 g/mol. The van der Waals surface area contributed by atoms with Crippen LogP contribution in [-0.4, -0.2) is 55.3 Å². The lowest BCUT2D eigenvalue weighted by Gasteiger charge is -2.22. The number of ether oxygens (including phenoxy) is 2. The van der Waals surface area contributed by atoms with Crippen LogP contribution in [0.4, 0.5) is 0 Å². The van der Waals surface area contributed by atoms with Crippen molar-refractivity contribution < 1.29 is 24.2 Å². The first-order valence-electron chi connectivity index (χ1n) is 11.2. The zero-order valence-corrected chi connectivity index (χ0v) is 19.4. The third-order valence-electron chi connectivity index (χ3n) is 5.15. The van der Waals surface area contributed by atoms with Gasteiger partial charge in [0.15, 0.2) is 0 Å². The van der Waals surface area contributed by atoms with Crippen molar-refractivity contribution >= 4 is 11.9 Å². The Morgan fingerprint density at radius 3 is 2.31 bits per heavy atom. The van der Waals surface area contributed by atoms with Crippen molar-refractivity contribution in [3.63, 3.8) is 0 Å². The second-order valence-corrected chi connectivity index (χ2v) is 8.21. The van der Waals surface area contributed by atoms with Gasteiger partial charge in [-0.15, -0.1) is 0 Å². The molecule has 0 aliphatic heterocycles. The summed E-state index contributed by atoms with van der Waals surface area (Å²) in [4.78, 5) is 24.7. The van der Waals surface area contributed by atoms with E-state index >= 15 is 0 Å². The number of hydrogen-bond donors (Lipinski definition) is 1. The fraction of sp³-hybridized carbons (Fsp3) is 0.462. The molecule has 6 nitrogen and oxygen atoms in total. The number of benzene rings is 2. The maximum absolute atomic E-state index is 12.1. The number of carboxylic acid groups (broad SMARTS) is 1. The molecule has 0 aliphatic rings. The molecule has 2 aromatic carbocycles. The smallest absolute Gasteiger partial charge is 0.306 e. The molecule has 0 aliphatic carbocycles. The number of carboxylic acids is 1. The quantitative estimate of drug-likeness (QED) is 0.444. The topological polar surface area (TPSA) is 76.1 Å². The monoisotopic (exact) mass is 441 g/mol. The van der Waals surface area contributed by atoms with Gasteiger partial charge < -0.3 is 19.5 Å². The Morgan fingerprint density at radius 2 is 1.66 bits per heavy atom. The Morgan fingerprint density at radius 1 is 0.969 bits per heavy atom. The molecule has 2 aromatic rings. The molecule has 0 spiro atoms. The number of carbonyl (C=O) groups excluding carboxylic acids is 1. The van der Waals surface area contributed by atoms with Crippen LogP contribution in [0.5, 0.6) is 5.75 Å². The van der Waals surface area contributed by atoms with Crippen LogP contribution in [0.25, 0.3) is 0 Å². The minimum Gasteiger partial charge on any atom is -0.489 e. The number of hydrogen-bond acceptors (Lipinski definition) is 5.